The van der Waals surface area contributed by atoms with E-state index in [1.807, 2.05) is 101 Å². The van der Waals surface area contributed by atoms with E-state index in [1.165, 1.54) is 16.9 Å². The van der Waals surface area contributed by atoms with Gasteiger partial charge in [0.2, 0.25) is 35.4 Å². The third-order valence-electron chi connectivity index (χ3n) is 12.6. The Kier molecular flexibility index (Phi) is 18.1. The zero-order chi connectivity index (χ0) is 49.8. The molecule has 69 heavy (non-hydrogen) atoms. The van der Waals surface area contributed by atoms with Gasteiger partial charge in [0.25, 0.3) is 0 Å². The number of halogens is 1. The molecule has 5 aromatic rings. The van der Waals surface area contributed by atoms with Crippen LogP contribution in [-0.4, -0.2) is 136 Å². The second kappa shape index (κ2) is 24.1. The predicted octanol–water partition coefficient (Wildman–Crippen LogP) is 5.52. The zero-order valence-corrected chi connectivity index (χ0v) is 41.5. The van der Waals surface area contributed by atoms with E-state index < -0.39 is 47.8 Å². The molecular weight excluding hydrogens is 898 g/mol. The van der Waals surface area contributed by atoms with Crippen LogP contribution in [0.5, 0.6) is 11.6 Å². The van der Waals surface area contributed by atoms with E-state index in [9.17, 15) is 24.0 Å². The molecule has 0 saturated carbocycles. The SMILES string of the molecule is COC[C@@H]1NC(=O)[C@H](C)N(Cc2cccnc2Oc2ccc(-c3cnc(CN(C)C)n3C)cc2)C(=O)C[C@@H](Cc2ccccc2)C(=O)N(C)[C@@H](C)CNC(=O)C[C@H](Cc2ccc(Cl)cc2)N(C)C1=O. The Morgan fingerprint density at radius 2 is 1.49 bits per heavy atom. The predicted molar refractivity (Wildman–Crippen MR) is 264 cm³/mol. The molecule has 3 aromatic carbocycles. The second-order valence-electron chi connectivity index (χ2n) is 18.0. The molecule has 366 valence electrons. The molecule has 1 saturated heterocycles. The number of rotatable bonds is 13. The molecule has 2 aromatic heterocycles. The number of carbonyl (C=O) groups excluding carboxylic acids is 5. The topological polar surface area (TPSA) is 172 Å². The first-order valence-corrected chi connectivity index (χ1v) is 23.4. The van der Waals surface area contributed by atoms with Crippen molar-refractivity contribution in [2.45, 2.75) is 76.8 Å². The van der Waals surface area contributed by atoms with Crippen LogP contribution >= 0.6 is 11.6 Å². The maximum atomic E-state index is 15.0. The Bertz CT molecular complexity index is 2540. The average molecular weight is 963 g/mol. The highest BCUT2D eigenvalue weighted by Crippen LogP contribution is 2.29. The molecule has 1 fully saturated rings. The van der Waals surface area contributed by atoms with Gasteiger partial charge in [-0.3, -0.25) is 24.0 Å². The smallest absolute Gasteiger partial charge is 0.247 e. The lowest BCUT2D eigenvalue weighted by Gasteiger charge is -2.35. The van der Waals surface area contributed by atoms with Gasteiger partial charge in [0, 0.05) is 82.1 Å². The van der Waals surface area contributed by atoms with Gasteiger partial charge >= 0.3 is 0 Å². The fourth-order valence-electron chi connectivity index (χ4n) is 8.32. The molecule has 3 heterocycles. The van der Waals surface area contributed by atoms with E-state index >= 15 is 0 Å². The number of carbonyl (C=O) groups is 5. The number of ether oxygens (including phenoxy) is 2. The van der Waals surface area contributed by atoms with E-state index in [4.69, 9.17) is 21.1 Å². The highest BCUT2D eigenvalue weighted by atomic mass is 35.5. The van der Waals surface area contributed by atoms with Crippen molar-refractivity contribution in [2.24, 2.45) is 13.0 Å². The van der Waals surface area contributed by atoms with Gasteiger partial charge < -0.3 is 44.3 Å². The van der Waals surface area contributed by atoms with Crippen molar-refractivity contribution in [1.29, 1.82) is 0 Å². The van der Waals surface area contributed by atoms with Gasteiger partial charge in [-0.05, 0) is 94.4 Å². The molecule has 5 amide bonds. The Hall–Kier alpha value is -6.62. The fraction of sp³-hybridized carbons (Fsp3) is 0.404. The first-order valence-electron chi connectivity index (χ1n) is 23.1. The second-order valence-corrected chi connectivity index (χ2v) is 18.4. The Balaban J connectivity index is 1.34. The number of hydrogen-bond donors (Lipinski definition) is 2. The van der Waals surface area contributed by atoms with Crippen molar-refractivity contribution in [3.05, 3.63) is 131 Å². The molecule has 2 N–H and O–H groups in total. The molecule has 1 aliphatic rings. The van der Waals surface area contributed by atoms with Crippen LogP contribution in [0.1, 0.15) is 49.2 Å². The number of aromatic nitrogens is 3. The summed E-state index contributed by atoms with van der Waals surface area (Å²) in [6.45, 7) is 3.90. The molecule has 17 heteroatoms. The highest BCUT2D eigenvalue weighted by Gasteiger charge is 2.36. The number of imidazole rings is 1. The molecule has 16 nitrogen and oxygen atoms in total. The van der Waals surface area contributed by atoms with Crippen LogP contribution in [0, 0.1) is 5.92 Å². The van der Waals surface area contributed by atoms with Gasteiger partial charge in [-0.1, -0.05) is 60.1 Å². The summed E-state index contributed by atoms with van der Waals surface area (Å²) in [5.41, 5.74) is 4.07. The Morgan fingerprint density at radius 3 is 2.17 bits per heavy atom. The Morgan fingerprint density at radius 1 is 0.797 bits per heavy atom. The molecule has 5 atom stereocenters. The normalized spacial score (nSPS) is 20.4. The maximum Gasteiger partial charge on any atom is 0.247 e. The summed E-state index contributed by atoms with van der Waals surface area (Å²) < 4.78 is 13.9. The number of pyridine rings is 1. The number of nitrogens with zero attached hydrogens (tertiary/aromatic N) is 7. The van der Waals surface area contributed by atoms with Crippen LogP contribution in [0.3, 0.4) is 0 Å². The number of likely N-dealkylation sites (N-methyl/N-ethyl adjacent to an activating group) is 2. The first kappa shape index (κ1) is 51.8. The van der Waals surface area contributed by atoms with Gasteiger partial charge in [-0.2, -0.15) is 0 Å². The average Bonchev–Trinajstić information content (AvgIpc) is 3.70. The maximum absolute atomic E-state index is 15.0. The summed E-state index contributed by atoms with van der Waals surface area (Å²) in [6, 6.07) is 24.1. The zero-order valence-electron chi connectivity index (χ0n) is 40.7. The van der Waals surface area contributed by atoms with E-state index in [0.29, 0.717) is 29.3 Å². The molecular formula is C52H64ClN9O7. The quantitative estimate of drug-likeness (QED) is 0.153. The van der Waals surface area contributed by atoms with Crippen LogP contribution in [0.15, 0.2) is 103 Å². The summed E-state index contributed by atoms with van der Waals surface area (Å²) >= 11 is 6.18. The van der Waals surface area contributed by atoms with Gasteiger partial charge in [-0.25, -0.2) is 9.97 Å². The van der Waals surface area contributed by atoms with Crippen LogP contribution in [-0.2, 0) is 61.7 Å². The lowest BCUT2D eigenvalue weighted by Crippen LogP contribution is -2.57. The number of hydrogen-bond acceptors (Lipinski definition) is 10. The van der Waals surface area contributed by atoms with Crippen molar-refractivity contribution in [3.63, 3.8) is 0 Å². The molecule has 6 rings (SSSR count). The van der Waals surface area contributed by atoms with Gasteiger partial charge in [-0.15, -0.1) is 0 Å². The van der Waals surface area contributed by atoms with E-state index in [2.05, 4.69) is 30.1 Å². The Labute approximate surface area is 409 Å². The third-order valence-corrected chi connectivity index (χ3v) is 12.9. The van der Waals surface area contributed by atoms with Crippen LogP contribution in [0.2, 0.25) is 5.02 Å². The van der Waals surface area contributed by atoms with Crippen LogP contribution < -0.4 is 15.4 Å². The molecule has 0 bridgehead atoms. The molecule has 1 aliphatic heterocycles. The van der Waals surface area contributed by atoms with Crippen LogP contribution in [0.4, 0.5) is 0 Å². The van der Waals surface area contributed by atoms with E-state index in [0.717, 1.165) is 28.2 Å². The number of amides is 5. The summed E-state index contributed by atoms with van der Waals surface area (Å²) in [7, 11) is 10.6. The minimum absolute atomic E-state index is 0.0693. The summed E-state index contributed by atoms with van der Waals surface area (Å²) in [4.78, 5) is 87.8. The van der Waals surface area contributed by atoms with Gasteiger partial charge in [0.05, 0.1) is 37.5 Å². The molecule has 0 spiro atoms. The van der Waals surface area contributed by atoms with Gasteiger partial charge in [0.15, 0.2) is 0 Å². The summed E-state index contributed by atoms with van der Waals surface area (Å²) in [6.07, 6.45) is 3.63. The first-order chi connectivity index (χ1) is 33.0. The van der Waals surface area contributed by atoms with Crippen LogP contribution in [0.25, 0.3) is 11.3 Å². The number of benzene rings is 3. The van der Waals surface area contributed by atoms with Crippen molar-refractivity contribution < 1.29 is 33.4 Å². The lowest BCUT2D eigenvalue weighted by molar-refractivity contribution is -0.147. The molecule has 0 radical (unpaired) electrons. The highest BCUT2D eigenvalue weighted by molar-refractivity contribution is 6.30. The lowest BCUT2D eigenvalue weighted by atomic mass is 9.93. The molecule has 0 aliphatic carbocycles. The molecule has 0 unspecified atom stereocenters. The standard InChI is InChI=1S/C52H64ClN9O7/c1-34-29-56-47(63)28-42(26-37-16-20-41(53)21-17-37)60(6)52(67)44(33-68-8)57-49(65)35(2)62(48(64)27-40(51(66)59(34)5)25-36-13-10-9-11-14-36)31-39-15-12-24-54-50(39)69-43-22-18-38(19-23-43)45-30-55-46(61(45)7)32-58(3)4/h9-24,30,34-35,40,42,44H,25-29,31-33H2,1-8H3,(H,56,63)(H,57,65)/t34-,35-,40+,42-,44-/m0/s1. The van der Waals surface area contributed by atoms with Crippen molar-refractivity contribution in [2.75, 3.05) is 48.5 Å². The fourth-order valence-corrected chi connectivity index (χ4v) is 8.44. The van der Waals surface area contributed by atoms with Crippen molar-refractivity contribution in [3.8, 4) is 22.9 Å². The minimum Gasteiger partial charge on any atom is -0.439 e. The monoisotopic (exact) mass is 961 g/mol. The minimum atomic E-state index is -1.19. The van der Waals surface area contributed by atoms with Gasteiger partial charge in [0.1, 0.15) is 23.7 Å². The largest absolute Gasteiger partial charge is 0.439 e. The summed E-state index contributed by atoms with van der Waals surface area (Å²) in [5, 5.41) is 6.36. The van der Waals surface area contributed by atoms with Crippen molar-refractivity contribution in [1.82, 2.24) is 44.8 Å². The number of methoxy groups -OCH3 is 1. The third kappa shape index (κ3) is 13.8. The summed E-state index contributed by atoms with van der Waals surface area (Å²) in [5.74, 6) is -1.45. The number of nitrogens with one attached hydrogen (secondary N) is 2. The van der Waals surface area contributed by atoms with E-state index in [1.54, 1.807) is 56.4 Å². The van der Waals surface area contributed by atoms with Crippen molar-refractivity contribution >= 4 is 41.1 Å². The van der Waals surface area contributed by atoms with E-state index in [-0.39, 0.29) is 56.7 Å².